The molecular weight excluding hydrogens is 190 g/mol. The zero-order valence-electron chi connectivity index (χ0n) is 8.03. The monoisotopic (exact) mass is 200 g/mol. The highest BCUT2D eigenvalue weighted by atomic mass is 16.2. The SMILES string of the molecule is O=C(Nc1cccnc1)C1=[C]C=CCN1. The predicted molar refractivity (Wildman–Crippen MR) is 56.8 cm³/mol. The smallest absolute Gasteiger partial charge is 0.272 e. The van der Waals surface area contributed by atoms with Crippen molar-refractivity contribution < 1.29 is 4.79 Å². The van der Waals surface area contributed by atoms with Crippen LogP contribution in [0.2, 0.25) is 0 Å². The van der Waals surface area contributed by atoms with E-state index in [0.717, 1.165) is 0 Å². The van der Waals surface area contributed by atoms with Crippen molar-refractivity contribution in [2.75, 3.05) is 11.9 Å². The largest absolute Gasteiger partial charge is 0.377 e. The number of dihydropyridines is 1. The highest BCUT2D eigenvalue weighted by Gasteiger charge is 2.09. The van der Waals surface area contributed by atoms with Gasteiger partial charge in [0.05, 0.1) is 11.9 Å². The zero-order chi connectivity index (χ0) is 10.5. The molecule has 0 atom stereocenters. The molecule has 0 saturated heterocycles. The van der Waals surface area contributed by atoms with E-state index >= 15 is 0 Å². The molecule has 0 aromatic carbocycles. The van der Waals surface area contributed by atoms with E-state index in [2.05, 4.69) is 21.7 Å². The van der Waals surface area contributed by atoms with Crippen LogP contribution in [0.4, 0.5) is 5.69 Å². The molecule has 1 radical (unpaired) electrons. The molecule has 0 aliphatic carbocycles. The molecule has 15 heavy (non-hydrogen) atoms. The Bertz CT molecular complexity index is 409. The van der Waals surface area contributed by atoms with Crippen molar-refractivity contribution in [1.29, 1.82) is 0 Å². The molecule has 0 saturated carbocycles. The Morgan fingerprint density at radius 2 is 2.53 bits per heavy atom. The minimum Gasteiger partial charge on any atom is -0.377 e. The Kier molecular flexibility index (Phi) is 2.78. The third kappa shape index (κ3) is 2.43. The van der Waals surface area contributed by atoms with E-state index < -0.39 is 0 Å². The molecule has 2 N–H and O–H groups in total. The van der Waals surface area contributed by atoms with Crippen LogP contribution in [0.15, 0.2) is 42.4 Å². The van der Waals surface area contributed by atoms with Gasteiger partial charge in [0, 0.05) is 18.8 Å². The van der Waals surface area contributed by atoms with Crippen LogP contribution < -0.4 is 10.6 Å². The summed E-state index contributed by atoms with van der Waals surface area (Å²) in [5, 5.41) is 5.64. The molecule has 4 nitrogen and oxygen atoms in total. The lowest BCUT2D eigenvalue weighted by molar-refractivity contribution is -0.113. The topological polar surface area (TPSA) is 54.0 Å². The summed E-state index contributed by atoms with van der Waals surface area (Å²) in [7, 11) is 0. The van der Waals surface area contributed by atoms with Crippen LogP contribution in [0.5, 0.6) is 0 Å². The number of hydrogen-bond acceptors (Lipinski definition) is 3. The van der Waals surface area contributed by atoms with E-state index in [1.54, 1.807) is 30.6 Å². The average Bonchev–Trinajstić information content (AvgIpc) is 2.31. The van der Waals surface area contributed by atoms with Crippen LogP contribution in [0.25, 0.3) is 0 Å². The number of allylic oxidation sites excluding steroid dienone is 2. The first kappa shape index (κ1) is 9.45. The van der Waals surface area contributed by atoms with Gasteiger partial charge in [0.2, 0.25) is 0 Å². The molecule has 1 aromatic heterocycles. The maximum absolute atomic E-state index is 11.6. The van der Waals surface area contributed by atoms with Gasteiger partial charge in [-0.05, 0) is 12.1 Å². The van der Waals surface area contributed by atoms with Gasteiger partial charge < -0.3 is 10.6 Å². The molecule has 2 rings (SSSR count). The maximum Gasteiger partial charge on any atom is 0.272 e. The number of carbonyl (C=O) groups is 1. The van der Waals surface area contributed by atoms with Crippen LogP contribution in [0, 0.1) is 6.08 Å². The van der Waals surface area contributed by atoms with Crippen molar-refractivity contribution in [3.8, 4) is 0 Å². The summed E-state index contributed by atoms with van der Waals surface area (Å²) < 4.78 is 0. The molecule has 75 valence electrons. The second-order valence-corrected chi connectivity index (χ2v) is 3.00. The van der Waals surface area contributed by atoms with Gasteiger partial charge in [-0.15, -0.1) is 0 Å². The number of carbonyl (C=O) groups excluding carboxylic acids is 1. The molecule has 0 fully saturated rings. The van der Waals surface area contributed by atoms with Gasteiger partial charge in [-0.1, -0.05) is 12.2 Å². The Balaban J connectivity index is 2.04. The molecule has 1 aromatic rings. The Morgan fingerprint density at radius 3 is 3.20 bits per heavy atom. The third-order valence-corrected chi connectivity index (χ3v) is 1.89. The Hall–Kier alpha value is -2.10. The first-order chi connectivity index (χ1) is 7.36. The number of anilines is 1. The van der Waals surface area contributed by atoms with E-state index in [-0.39, 0.29) is 5.91 Å². The fourth-order valence-electron chi connectivity index (χ4n) is 1.19. The quantitative estimate of drug-likeness (QED) is 0.744. The summed E-state index contributed by atoms with van der Waals surface area (Å²) in [5.41, 5.74) is 1.12. The number of nitrogens with one attached hydrogen (secondary N) is 2. The zero-order valence-corrected chi connectivity index (χ0v) is 8.03. The second kappa shape index (κ2) is 4.41. The van der Waals surface area contributed by atoms with E-state index in [1.165, 1.54) is 0 Å². The van der Waals surface area contributed by atoms with Gasteiger partial charge in [0.25, 0.3) is 5.91 Å². The Labute approximate surface area is 87.7 Å². The van der Waals surface area contributed by atoms with Crippen molar-refractivity contribution >= 4 is 11.6 Å². The van der Waals surface area contributed by atoms with Crippen molar-refractivity contribution in [1.82, 2.24) is 10.3 Å². The van der Waals surface area contributed by atoms with Gasteiger partial charge in [-0.3, -0.25) is 9.78 Å². The lowest BCUT2D eigenvalue weighted by Crippen LogP contribution is -2.27. The third-order valence-electron chi connectivity index (χ3n) is 1.89. The average molecular weight is 200 g/mol. The minimum absolute atomic E-state index is 0.202. The molecule has 0 unspecified atom stereocenters. The van der Waals surface area contributed by atoms with E-state index in [4.69, 9.17) is 0 Å². The Morgan fingerprint density at radius 1 is 1.60 bits per heavy atom. The van der Waals surface area contributed by atoms with Crippen LogP contribution in [-0.2, 0) is 4.79 Å². The highest BCUT2D eigenvalue weighted by Crippen LogP contribution is 2.05. The van der Waals surface area contributed by atoms with Gasteiger partial charge in [0.1, 0.15) is 5.70 Å². The molecule has 4 heteroatoms. The second-order valence-electron chi connectivity index (χ2n) is 3.00. The minimum atomic E-state index is -0.202. The van der Waals surface area contributed by atoms with E-state index in [9.17, 15) is 4.79 Å². The van der Waals surface area contributed by atoms with Crippen molar-refractivity contribution in [2.45, 2.75) is 0 Å². The number of rotatable bonds is 2. The standard InChI is InChI=1S/C11H10N3O/c15-11(10-5-1-2-7-13-10)14-9-4-3-6-12-8-9/h1-4,6,8,13H,7H2,(H,14,15). The number of hydrogen-bond donors (Lipinski definition) is 2. The summed E-state index contributed by atoms with van der Waals surface area (Å²) >= 11 is 0. The molecule has 0 bridgehead atoms. The van der Waals surface area contributed by atoms with Crippen LogP contribution in [-0.4, -0.2) is 17.4 Å². The summed E-state index contributed by atoms with van der Waals surface area (Å²) in [6.45, 7) is 0.656. The van der Waals surface area contributed by atoms with E-state index in [0.29, 0.717) is 17.9 Å². The molecule has 2 heterocycles. The summed E-state index contributed by atoms with van der Waals surface area (Å²) in [6, 6.07) is 3.55. The van der Waals surface area contributed by atoms with Crippen molar-refractivity contribution in [3.05, 3.63) is 48.5 Å². The predicted octanol–water partition coefficient (Wildman–Crippen LogP) is 0.867. The van der Waals surface area contributed by atoms with Crippen LogP contribution in [0.3, 0.4) is 0 Å². The highest BCUT2D eigenvalue weighted by molar-refractivity contribution is 6.03. The summed E-state index contributed by atoms with van der Waals surface area (Å²) in [4.78, 5) is 15.5. The van der Waals surface area contributed by atoms with Gasteiger partial charge in [-0.2, -0.15) is 0 Å². The van der Waals surface area contributed by atoms with Gasteiger partial charge >= 0.3 is 0 Å². The number of amides is 1. The van der Waals surface area contributed by atoms with Crippen LogP contribution >= 0.6 is 0 Å². The van der Waals surface area contributed by atoms with Crippen LogP contribution in [0.1, 0.15) is 0 Å². The fraction of sp³-hybridized carbons (Fsp3) is 0.0909. The number of aromatic nitrogens is 1. The lowest BCUT2D eigenvalue weighted by atomic mass is 10.2. The number of pyridine rings is 1. The van der Waals surface area contributed by atoms with E-state index in [1.807, 2.05) is 6.08 Å². The lowest BCUT2D eigenvalue weighted by Gasteiger charge is -2.11. The number of nitrogens with zero attached hydrogens (tertiary/aromatic N) is 1. The summed E-state index contributed by atoms with van der Waals surface area (Å²) in [6.07, 6.45) is 9.70. The normalized spacial score (nSPS) is 14.0. The molecule has 1 amide bonds. The molecule has 1 aliphatic rings. The molecule has 0 spiro atoms. The van der Waals surface area contributed by atoms with Gasteiger partial charge in [0.15, 0.2) is 0 Å². The first-order valence-electron chi connectivity index (χ1n) is 4.60. The first-order valence-corrected chi connectivity index (χ1v) is 4.60. The fourth-order valence-corrected chi connectivity index (χ4v) is 1.19. The van der Waals surface area contributed by atoms with Crippen molar-refractivity contribution in [3.63, 3.8) is 0 Å². The molecular formula is C11H10N3O. The molecule has 1 aliphatic heterocycles. The maximum atomic E-state index is 11.6. The van der Waals surface area contributed by atoms with Gasteiger partial charge in [-0.25, -0.2) is 0 Å². The summed E-state index contributed by atoms with van der Waals surface area (Å²) in [5.74, 6) is -0.202. The van der Waals surface area contributed by atoms with Crippen molar-refractivity contribution in [2.24, 2.45) is 0 Å².